The number of hydrogen-bond acceptors (Lipinski definition) is 4. The van der Waals surface area contributed by atoms with Crippen molar-refractivity contribution >= 4 is 48.1 Å². The Morgan fingerprint density at radius 1 is 1.32 bits per heavy atom. The van der Waals surface area contributed by atoms with Gasteiger partial charge in [0.25, 0.3) is 0 Å². The SMILES string of the molecule is CC(N)CC(=O)N1CCN(c2ncc(C(F)(F)F)cc2Cl)CC1.Cl.Cl. The number of carbonyl (C=O) groups excluding carboxylic acids is 1. The maximum atomic E-state index is 12.6. The van der Waals surface area contributed by atoms with E-state index in [2.05, 4.69) is 4.98 Å². The number of anilines is 1. The maximum Gasteiger partial charge on any atom is 0.417 e. The van der Waals surface area contributed by atoms with E-state index in [9.17, 15) is 18.0 Å². The first-order valence-corrected chi connectivity index (χ1v) is 7.57. The van der Waals surface area contributed by atoms with Crippen LogP contribution >= 0.6 is 36.4 Å². The second-order valence-electron chi connectivity index (χ2n) is 5.58. The number of nitrogens with two attached hydrogens (primary N) is 1. The van der Waals surface area contributed by atoms with Crippen molar-refractivity contribution in [3.8, 4) is 0 Å². The lowest BCUT2D eigenvalue weighted by molar-refractivity contribution is -0.138. The van der Waals surface area contributed by atoms with Crippen molar-refractivity contribution < 1.29 is 18.0 Å². The van der Waals surface area contributed by atoms with E-state index in [1.807, 2.05) is 0 Å². The van der Waals surface area contributed by atoms with Crippen molar-refractivity contribution in [3.63, 3.8) is 0 Å². The molecule has 0 spiro atoms. The van der Waals surface area contributed by atoms with Gasteiger partial charge in [0.05, 0.1) is 10.6 Å². The third-order valence-corrected chi connectivity index (χ3v) is 3.86. The van der Waals surface area contributed by atoms with Gasteiger partial charge in [0.15, 0.2) is 0 Å². The third kappa shape index (κ3) is 6.36. The molecule has 0 radical (unpaired) electrons. The molecule has 2 N–H and O–H groups in total. The van der Waals surface area contributed by atoms with Crippen molar-refractivity contribution in [2.75, 3.05) is 31.1 Å². The first-order chi connectivity index (χ1) is 10.7. The lowest BCUT2D eigenvalue weighted by Gasteiger charge is -2.36. The summed E-state index contributed by atoms with van der Waals surface area (Å²) >= 11 is 5.94. The molecular formula is C14H20Cl3F3N4O. The zero-order valence-corrected chi connectivity index (χ0v) is 15.8. The van der Waals surface area contributed by atoms with Crippen LogP contribution in [-0.4, -0.2) is 48.0 Å². The molecule has 0 saturated carbocycles. The van der Waals surface area contributed by atoms with E-state index in [1.165, 1.54) is 0 Å². The molecule has 0 aliphatic carbocycles. The van der Waals surface area contributed by atoms with Gasteiger partial charge in [-0.3, -0.25) is 4.79 Å². The number of aromatic nitrogens is 1. The maximum absolute atomic E-state index is 12.6. The molecule has 2 heterocycles. The monoisotopic (exact) mass is 422 g/mol. The summed E-state index contributed by atoms with van der Waals surface area (Å²) in [6, 6.07) is 0.670. The highest BCUT2D eigenvalue weighted by molar-refractivity contribution is 6.33. The normalized spacial score (nSPS) is 15.9. The minimum atomic E-state index is -4.47. The smallest absolute Gasteiger partial charge is 0.352 e. The van der Waals surface area contributed by atoms with Gasteiger partial charge >= 0.3 is 6.18 Å². The predicted octanol–water partition coefficient (Wildman–Crippen LogP) is 2.98. The largest absolute Gasteiger partial charge is 0.417 e. The van der Waals surface area contributed by atoms with Crippen LogP contribution in [0.25, 0.3) is 0 Å². The van der Waals surface area contributed by atoms with Gasteiger partial charge < -0.3 is 15.5 Å². The summed E-state index contributed by atoms with van der Waals surface area (Å²) in [5.41, 5.74) is 4.73. The van der Waals surface area contributed by atoms with Crippen LogP contribution < -0.4 is 10.6 Å². The van der Waals surface area contributed by atoms with Crippen LogP contribution in [0.2, 0.25) is 5.02 Å². The van der Waals surface area contributed by atoms with E-state index in [1.54, 1.807) is 16.7 Å². The van der Waals surface area contributed by atoms with Gasteiger partial charge in [-0.15, -0.1) is 24.8 Å². The van der Waals surface area contributed by atoms with E-state index in [4.69, 9.17) is 17.3 Å². The minimum absolute atomic E-state index is 0. The zero-order chi connectivity index (χ0) is 17.2. The van der Waals surface area contributed by atoms with Crippen molar-refractivity contribution in [3.05, 3.63) is 22.8 Å². The number of nitrogens with zero attached hydrogens (tertiary/aromatic N) is 3. The van der Waals surface area contributed by atoms with E-state index >= 15 is 0 Å². The topological polar surface area (TPSA) is 62.5 Å². The molecule has 0 bridgehead atoms. The van der Waals surface area contributed by atoms with Gasteiger partial charge in [-0.2, -0.15) is 13.2 Å². The Bertz CT molecular complexity index is 579. The van der Waals surface area contributed by atoms with Crippen LogP contribution in [0.3, 0.4) is 0 Å². The van der Waals surface area contributed by atoms with Gasteiger partial charge in [-0.1, -0.05) is 11.6 Å². The number of halogens is 6. The number of carbonyl (C=O) groups is 1. The Morgan fingerprint density at radius 3 is 2.32 bits per heavy atom. The van der Waals surface area contributed by atoms with E-state index < -0.39 is 11.7 Å². The number of pyridine rings is 1. The van der Waals surface area contributed by atoms with Crippen LogP contribution in [-0.2, 0) is 11.0 Å². The zero-order valence-electron chi connectivity index (χ0n) is 13.4. The summed E-state index contributed by atoms with van der Waals surface area (Å²) < 4.78 is 37.9. The summed E-state index contributed by atoms with van der Waals surface area (Å²) in [5.74, 6) is 0.282. The number of alkyl halides is 3. The first kappa shape index (κ1) is 24.0. The third-order valence-electron chi connectivity index (χ3n) is 3.58. The van der Waals surface area contributed by atoms with Crippen LogP contribution in [0.15, 0.2) is 12.3 Å². The van der Waals surface area contributed by atoms with Crippen molar-refractivity contribution in [1.29, 1.82) is 0 Å². The second-order valence-corrected chi connectivity index (χ2v) is 5.98. The molecule has 1 atom stereocenters. The molecule has 2 rings (SSSR count). The molecule has 1 unspecified atom stereocenters. The lowest BCUT2D eigenvalue weighted by Crippen LogP contribution is -2.49. The standard InChI is InChI=1S/C14H18ClF3N4O.2ClH/c1-9(19)6-12(23)21-2-4-22(5-3-21)13-11(15)7-10(8-20-13)14(16,17)18;;/h7-9H,2-6,19H2,1H3;2*1H. The number of amides is 1. The second kappa shape index (κ2) is 9.66. The molecule has 144 valence electrons. The van der Waals surface area contributed by atoms with Crippen LogP contribution in [0.5, 0.6) is 0 Å². The van der Waals surface area contributed by atoms with Crippen molar-refractivity contribution in [1.82, 2.24) is 9.88 Å². The fourth-order valence-corrected chi connectivity index (χ4v) is 2.68. The van der Waals surface area contributed by atoms with E-state index in [0.717, 1.165) is 12.3 Å². The molecule has 1 aromatic heterocycles. The Balaban J connectivity index is 0.00000288. The molecular weight excluding hydrogens is 404 g/mol. The minimum Gasteiger partial charge on any atom is -0.352 e. The van der Waals surface area contributed by atoms with Gasteiger partial charge in [0, 0.05) is 44.8 Å². The Labute approximate surface area is 161 Å². The average Bonchev–Trinajstić information content (AvgIpc) is 2.45. The number of rotatable bonds is 3. The van der Waals surface area contributed by atoms with Crippen LogP contribution in [0.1, 0.15) is 18.9 Å². The predicted molar refractivity (Wildman–Crippen MR) is 95.8 cm³/mol. The van der Waals surface area contributed by atoms with Gasteiger partial charge in [0.2, 0.25) is 5.91 Å². The van der Waals surface area contributed by atoms with Gasteiger partial charge in [-0.25, -0.2) is 4.98 Å². The molecule has 1 aliphatic heterocycles. The summed E-state index contributed by atoms with van der Waals surface area (Å²) in [6.07, 6.45) is -3.42. The molecule has 11 heteroatoms. The Morgan fingerprint density at radius 2 is 1.88 bits per heavy atom. The Hall–Kier alpha value is -0.960. The van der Waals surface area contributed by atoms with E-state index in [0.29, 0.717) is 32.0 Å². The molecule has 1 saturated heterocycles. The molecule has 0 aromatic carbocycles. The molecule has 5 nitrogen and oxygen atoms in total. The lowest BCUT2D eigenvalue weighted by atomic mass is 10.2. The summed E-state index contributed by atoms with van der Waals surface area (Å²) in [5, 5.41) is -0.0461. The summed E-state index contributed by atoms with van der Waals surface area (Å²) in [7, 11) is 0. The summed E-state index contributed by atoms with van der Waals surface area (Å²) in [4.78, 5) is 19.2. The van der Waals surface area contributed by atoms with Gasteiger partial charge in [0.1, 0.15) is 5.82 Å². The average molecular weight is 424 g/mol. The van der Waals surface area contributed by atoms with Crippen molar-refractivity contribution in [2.24, 2.45) is 5.73 Å². The number of piperazine rings is 1. The highest BCUT2D eigenvalue weighted by Crippen LogP contribution is 2.33. The molecule has 1 amide bonds. The van der Waals surface area contributed by atoms with Crippen LogP contribution in [0.4, 0.5) is 19.0 Å². The first-order valence-electron chi connectivity index (χ1n) is 7.19. The molecule has 1 fully saturated rings. The van der Waals surface area contributed by atoms with Crippen molar-refractivity contribution in [2.45, 2.75) is 25.6 Å². The summed E-state index contributed by atoms with van der Waals surface area (Å²) in [6.45, 7) is 3.61. The van der Waals surface area contributed by atoms with E-state index in [-0.39, 0.29) is 48.2 Å². The molecule has 1 aliphatic rings. The highest BCUT2D eigenvalue weighted by Gasteiger charge is 2.32. The fourth-order valence-electron chi connectivity index (χ4n) is 2.39. The fraction of sp³-hybridized carbons (Fsp3) is 0.571. The molecule has 1 aromatic rings. The Kier molecular flexibility index (Phi) is 9.29. The number of hydrogen-bond donors (Lipinski definition) is 1. The molecule has 25 heavy (non-hydrogen) atoms. The van der Waals surface area contributed by atoms with Gasteiger partial charge in [-0.05, 0) is 13.0 Å². The van der Waals surface area contributed by atoms with Crippen LogP contribution in [0, 0.1) is 0 Å². The quantitative estimate of drug-likeness (QED) is 0.812. The highest BCUT2D eigenvalue weighted by atomic mass is 35.5.